The Kier molecular flexibility index (Phi) is 5.46. The predicted molar refractivity (Wildman–Crippen MR) is 87.9 cm³/mol. The van der Waals surface area contributed by atoms with Crippen LogP contribution in [0.15, 0.2) is 47.4 Å². The molecule has 0 bridgehead atoms. The Balaban J connectivity index is 2.31. The molecule has 0 spiro atoms. The molecule has 24 heavy (non-hydrogen) atoms. The maximum absolute atomic E-state index is 12.3. The van der Waals surface area contributed by atoms with Crippen molar-refractivity contribution in [1.29, 1.82) is 0 Å². The highest BCUT2D eigenvalue weighted by Gasteiger charge is 2.20. The highest BCUT2D eigenvalue weighted by Crippen LogP contribution is 2.31. The van der Waals surface area contributed by atoms with Crippen LogP contribution in [-0.4, -0.2) is 28.1 Å². The smallest absolute Gasteiger partial charge is 0.339 e. The largest absolute Gasteiger partial charge is 0.493 e. The van der Waals surface area contributed by atoms with E-state index in [9.17, 15) is 13.2 Å². The lowest BCUT2D eigenvalue weighted by Gasteiger charge is -2.12. The standard InChI is InChI=1S/C17H18O6S/c1-4-22-17(18)13-7-10-15(16(11-13)21-3)23-24(19,20)14-8-5-12(2)6-9-14/h5-11H,4H2,1-3H3. The first-order valence-electron chi connectivity index (χ1n) is 7.23. The van der Waals surface area contributed by atoms with Crippen LogP contribution in [0.25, 0.3) is 0 Å². The molecule has 0 saturated heterocycles. The molecule has 0 saturated carbocycles. The molecule has 0 aromatic heterocycles. The molecule has 6 nitrogen and oxygen atoms in total. The Bertz CT molecular complexity index is 825. The normalized spacial score (nSPS) is 11.0. The molecule has 128 valence electrons. The summed E-state index contributed by atoms with van der Waals surface area (Å²) in [5.41, 5.74) is 1.18. The summed E-state index contributed by atoms with van der Waals surface area (Å²) in [7, 11) is -2.65. The second-order valence-electron chi connectivity index (χ2n) is 4.94. The molecule has 0 heterocycles. The average molecular weight is 350 g/mol. The van der Waals surface area contributed by atoms with Gasteiger partial charge in [0.15, 0.2) is 11.5 Å². The van der Waals surface area contributed by atoms with Crippen LogP contribution in [0.5, 0.6) is 11.5 Å². The first-order chi connectivity index (χ1) is 11.4. The van der Waals surface area contributed by atoms with Crippen molar-refractivity contribution in [3.05, 3.63) is 53.6 Å². The van der Waals surface area contributed by atoms with Crippen molar-refractivity contribution < 1.29 is 26.9 Å². The van der Waals surface area contributed by atoms with Crippen molar-refractivity contribution in [1.82, 2.24) is 0 Å². The lowest BCUT2D eigenvalue weighted by Crippen LogP contribution is -2.11. The van der Waals surface area contributed by atoms with E-state index in [1.165, 1.54) is 37.4 Å². The summed E-state index contributed by atoms with van der Waals surface area (Å²) in [5, 5.41) is 0. The first kappa shape index (κ1) is 17.8. The molecule has 7 heteroatoms. The molecule has 2 aromatic rings. The van der Waals surface area contributed by atoms with Crippen LogP contribution in [0, 0.1) is 6.92 Å². The summed E-state index contributed by atoms with van der Waals surface area (Å²) in [6.07, 6.45) is 0. The SMILES string of the molecule is CCOC(=O)c1ccc(OS(=O)(=O)c2ccc(C)cc2)c(OC)c1. The molecule has 0 aliphatic heterocycles. The Hall–Kier alpha value is -2.54. The number of hydrogen-bond donors (Lipinski definition) is 0. The summed E-state index contributed by atoms with van der Waals surface area (Å²) in [6.45, 7) is 3.79. The van der Waals surface area contributed by atoms with Gasteiger partial charge in [0.25, 0.3) is 0 Å². The Labute approximate surface area is 141 Å². The van der Waals surface area contributed by atoms with Crippen molar-refractivity contribution in [3.8, 4) is 11.5 Å². The van der Waals surface area contributed by atoms with E-state index in [-0.39, 0.29) is 28.6 Å². The van der Waals surface area contributed by atoms with Crippen molar-refractivity contribution in [2.24, 2.45) is 0 Å². The van der Waals surface area contributed by atoms with E-state index in [1.54, 1.807) is 19.1 Å². The van der Waals surface area contributed by atoms with Gasteiger partial charge in [0.2, 0.25) is 0 Å². The second-order valence-corrected chi connectivity index (χ2v) is 6.48. The third kappa shape index (κ3) is 4.05. The molecular formula is C17H18O6S. The van der Waals surface area contributed by atoms with E-state index in [1.807, 2.05) is 6.92 Å². The van der Waals surface area contributed by atoms with Crippen LogP contribution in [0.2, 0.25) is 0 Å². The van der Waals surface area contributed by atoms with Crippen molar-refractivity contribution >= 4 is 16.1 Å². The number of esters is 1. The fraction of sp³-hybridized carbons (Fsp3) is 0.235. The van der Waals surface area contributed by atoms with Crippen molar-refractivity contribution in [2.75, 3.05) is 13.7 Å². The number of hydrogen-bond acceptors (Lipinski definition) is 6. The minimum atomic E-state index is -4.00. The quantitative estimate of drug-likeness (QED) is 0.589. The van der Waals surface area contributed by atoms with Gasteiger partial charge >= 0.3 is 16.1 Å². The molecular weight excluding hydrogens is 332 g/mol. The van der Waals surface area contributed by atoms with Gasteiger partial charge in [-0.15, -0.1) is 0 Å². The highest BCUT2D eigenvalue weighted by molar-refractivity contribution is 7.87. The lowest BCUT2D eigenvalue weighted by molar-refractivity contribution is 0.0526. The molecule has 0 amide bonds. The van der Waals surface area contributed by atoms with Crippen LogP contribution >= 0.6 is 0 Å². The molecule has 0 aliphatic carbocycles. The van der Waals surface area contributed by atoms with Crippen LogP contribution in [-0.2, 0) is 14.9 Å². The van der Waals surface area contributed by atoms with Gasteiger partial charge in [0.1, 0.15) is 4.90 Å². The second kappa shape index (κ2) is 7.35. The van der Waals surface area contributed by atoms with Gasteiger partial charge in [-0.3, -0.25) is 0 Å². The van der Waals surface area contributed by atoms with E-state index in [2.05, 4.69) is 0 Å². The molecule has 0 N–H and O–H groups in total. The number of methoxy groups -OCH3 is 1. The zero-order chi connectivity index (χ0) is 17.7. The van der Waals surface area contributed by atoms with E-state index in [4.69, 9.17) is 13.7 Å². The number of ether oxygens (including phenoxy) is 2. The number of carbonyl (C=O) groups excluding carboxylic acids is 1. The number of carbonyl (C=O) groups is 1. The maximum atomic E-state index is 12.3. The van der Waals surface area contributed by atoms with Crippen LogP contribution in [0.4, 0.5) is 0 Å². The van der Waals surface area contributed by atoms with Crippen molar-refractivity contribution in [3.63, 3.8) is 0 Å². The van der Waals surface area contributed by atoms with Gasteiger partial charge in [-0.05, 0) is 44.2 Å². The van der Waals surface area contributed by atoms with Gasteiger partial charge < -0.3 is 13.7 Å². The van der Waals surface area contributed by atoms with E-state index >= 15 is 0 Å². The topological polar surface area (TPSA) is 78.9 Å². The van der Waals surface area contributed by atoms with Gasteiger partial charge in [0.05, 0.1) is 19.3 Å². The first-order valence-corrected chi connectivity index (χ1v) is 8.64. The van der Waals surface area contributed by atoms with Crippen LogP contribution in [0.1, 0.15) is 22.8 Å². The highest BCUT2D eigenvalue weighted by atomic mass is 32.2. The molecule has 2 aromatic carbocycles. The maximum Gasteiger partial charge on any atom is 0.339 e. The average Bonchev–Trinajstić information content (AvgIpc) is 2.55. The molecule has 0 atom stereocenters. The Morgan fingerprint density at radius 2 is 1.71 bits per heavy atom. The van der Waals surface area contributed by atoms with Crippen LogP contribution in [0.3, 0.4) is 0 Å². The van der Waals surface area contributed by atoms with E-state index in [0.717, 1.165) is 5.56 Å². The molecule has 2 rings (SSSR count). The molecule has 0 aliphatic rings. The third-order valence-electron chi connectivity index (χ3n) is 3.18. The van der Waals surface area contributed by atoms with Gasteiger partial charge in [-0.25, -0.2) is 4.79 Å². The Morgan fingerprint density at radius 3 is 2.29 bits per heavy atom. The van der Waals surface area contributed by atoms with Crippen molar-refractivity contribution in [2.45, 2.75) is 18.7 Å². The molecule has 0 radical (unpaired) electrons. The van der Waals surface area contributed by atoms with Crippen LogP contribution < -0.4 is 8.92 Å². The summed E-state index contributed by atoms with van der Waals surface area (Å²) >= 11 is 0. The fourth-order valence-electron chi connectivity index (χ4n) is 1.95. The summed E-state index contributed by atoms with van der Waals surface area (Å²) < 4.78 is 39.8. The van der Waals surface area contributed by atoms with E-state index < -0.39 is 16.1 Å². The van der Waals surface area contributed by atoms with E-state index in [0.29, 0.717) is 0 Å². The Morgan fingerprint density at radius 1 is 1.04 bits per heavy atom. The zero-order valence-corrected chi connectivity index (χ0v) is 14.4. The third-order valence-corrected chi connectivity index (χ3v) is 4.43. The summed E-state index contributed by atoms with van der Waals surface area (Å²) in [5.74, 6) is -0.411. The van der Waals surface area contributed by atoms with Gasteiger partial charge in [-0.2, -0.15) is 8.42 Å². The number of benzene rings is 2. The van der Waals surface area contributed by atoms with Gasteiger partial charge in [0, 0.05) is 0 Å². The minimum Gasteiger partial charge on any atom is -0.493 e. The number of rotatable bonds is 6. The lowest BCUT2D eigenvalue weighted by atomic mass is 10.2. The summed E-state index contributed by atoms with van der Waals surface area (Å²) in [6, 6.07) is 10.4. The predicted octanol–water partition coefficient (Wildman–Crippen LogP) is 2.95. The van der Waals surface area contributed by atoms with Gasteiger partial charge in [-0.1, -0.05) is 17.7 Å². The summed E-state index contributed by atoms with van der Waals surface area (Å²) in [4.78, 5) is 11.8. The number of aryl methyl sites for hydroxylation is 1. The molecule has 0 unspecified atom stereocenters. The molecule has 0 fully saturated rings. The fourth-order valence-corrected chi connectivity index (χ4v) is 2.89. The zero-order valence-electron chi connectivity index (χ0n) is 13.6. The monoisotopic (exact) mass is 350 g/mol. The minimum absolute atomic E-state index is 0.00822.